The van der Waals surface area contributed by atoms with Crippen LogP contribution in [0.3, 0.4) is 0 Å². The van der Waals surface area contributed by atoms with Crippen molar-refractivity contribution in [2.45, 2.75) is 13.0 Å². The third-order valence-corrected chi connectivity index (χ3v) is 4.19. The van der Waals surface area contributed by atoms with Crippen LogP contribution in [0.2, 0.25) is 0 Å². The van der Waals surface area contributed by atoms with Crippen LogP contribution in [0.1, 0.15) is 18.1 Å². The summed E-state index contributed by atoms with van der Waals surface area (Å²) in [6.07, 6.45) is -3.79. The average molecular weight is 426 g/mol. The Kier molecular flexibility index (Phi) is 5.87. The van der Waals surface area contributed by atoms with Crippen LogP contribution in [-0.4, -0.2) is 0 Å². The monoisotopic (exact) mass is 426 g/mol. The zero-order valence-electron chi connectivity index (χ0n) is 15.3. The molecule has 3 rings (SSSR count). The maximum Gasteiger partial charge on any atom is 0.426 e. The van der Waals surface area contributed by atoms with Crippen LogP contribution in [0, 0.1) is 17.5 Å². The van der Waals surface area contributed by atoms with E-state index in [-0.39, 0.29) is 22.4 Å². The van der Waals surface area contributed by atoms with Crippen LogP contribution in [0.5, 0.6) is 5.75 Å². The second kappa shape index (κ2) is 8.22. The van der Waals surface area contributed by atoms with Gasteiger partial charge < -0.3 is 4.74 Å². The van der Waals surface area contributed by atoms with Crippen molar-refractivity contribution in [3.05, 3.63) is 95.1 Å². The van der Waals surface area contributed by atoms with Gasteiger partial charge in [-0.25, -0.2) is 22.0 Å². The number of halogens is 7. The molecule has 0 aliphatic heterocycles. The van der Waals surface area contributed by atoms with E-state index in [0.29, 0.717) is 0 Å². The lowest BCUT2D eigenvalue weighted by atomic mass is 10.1. The highest BCUT2D eigenvalue weighted by atomic mass is 19.3. The molecule has 0 radical (unpaired) electrons. The first kappa shape index (κ1) is 21.4. The fraction of sp³-hybridized carbons (Fsp3) is 0.0909. The average Bonchev–Trinajstić information content (AvgIpc) is 2.71. The van der Waals surface area contributed by atoms with Gasteiger partial charge in [0.25, 0.3) is 0 Å². The van der Waals surface area contributed by atoms with Gasteiger partial charge in [0, 0.05) is 5.56 Å². The lowest BCUT2D eigenvalue weighted by molar-refractivity contribution is -0.185. The van der Waals surface area contributed by atoms with Gasteiger partial charge >= 0.3 is 6.11 Å². The number of hydrogen-bond acceptors (Lipinski definition) is 1. The first-order valence-electron chi connectivity index (χ1n) is 8.53. The highest BCUT2D eigenvalue weighted by Crippen LogP contribution is 2.34. The van der Waals surface area contributed by atoms with Gasteiger partial charge in [0.1, 0.15) is 11.6 Å². The largest absolute Gasteiger partial charge is 0.429 e. The molecule has 0 saturated carbocycles. The fourth-order valence-electron chi connectivity index (χ4n) is 2.65. The molecule has 156 valence electrons. The van der Waals surface area contributed by atoms with Crippen LogP contribution in [0.4, 0.5) is 30.7 Å². The molecule has 0 bridgehead atoms. The normalized spacial score (nSPS) is 12.5. The maximum absolute atomic E-state index is 14.4. The van der Waals surface area contributed by atoms with E-state index < -0.39 is 40.8 Å². The van der Waals surface area contributed by atoms with Gasteiger partial charge in [0.2, 0.25) is 0 Å². The summed E-state index contributed by atoms with van der Waals surface area (Å²) in [5.74, 6) is -6.87. The summed E-state index contributed by atoms with van der Waals surface area (Å²) in [6.45, 7) is 0.902. The third kappa shape index (κ3) is 4.48. The molecule has 0 N–H and O–H groups in total. The van der Waals surface area contributed by atoms with Gasteiger partial charge in [0.15, 0.2) is 23.3 Å². The van der Waals surface area contributed by atoms with Gasteiger partial charge in [-0.05, 0) is 54.4 Å². The molecule has 0 fully saturated rings. The molecule has 0 heterocycles. The highest BCUT2D eigenvalue weighted by Gasteiger charge is 2.34. The molecular formula is C22H13F7O. The highest BCUT2D eigenvalue weighted by molar-refractivity contribution is 5.64. The SMILES string of the molecule is CC(F)=C(F)c1ccc(C(F)(F)Oc2ccc(-c3cc(F)c(F)c(F)c3)cc2)cc1. The Balaban J connectivity index is 1.80. The number of benzene rings is 3. The molecule has 0 spiro atoms. The minimum atomic E-state index is -3.79. The molecule has 0 atom stereocenters. The molecule has 8 heteroatoms. The fourth-order valence-corrected chi connectivity index (χ4v) is 2.65. The van der Waals surface area contributed by atoms with Gasteiger partial charge in [-0.1, -0.05) is 24.3 Å². The van der Waals surface area contributed by atoms with Crippen LogP contribution < -0.4 is 4.74 Å². The topological polar surface area (TPSA) is 9.23 Å². The van der Waals surface area contributed by atoms with Gasteiger partial charge in [-0.15, -0.1) is 0 Å². The second-order valence-electron chi connectivity index (χ2n) is 6.32. The molecule has 30 heavy (non-hydrogen) atoms. The van der Waals surface area contributed by atoms with E-state index in [1.807, 2.05) is 0 Å². The van der Waals surface area contributed by atoms with E-state index in [2.05, 4.69) is 4.74 Å². The minimum absolute atomic E-state index is 0.0125. The Hall–Kier alpha value is -3.29. The summed E-state index contributed by atoms with van der Waals surface area (Å²) in [4.78, 5) is 0. The van der Waals surface area contributed by atoms with E-state index in [1.165, 1.54) is 12.1 Å². The summed E-state index contributed by atoms with van der Waals surface area (Å²) in [5.41, 5.74) is -0.532. The lowest BCUT2D eigenvalue weighted by Crippen LogP contribution is -2.21. The number of rotatable bonds is 5. The van der Waals surface area contributed by atoms with Crippen molar-refractivity contribution in [2.75, 3.05) is 0 Å². The third-order valence-electron chi connectivity index (χ3n) is 4.19. The summed E-state index contributed by atoms with van der Waals surface area (Å²) < 4.78 is 99.5. The van der Waals surface area contributed by atoms with Crippen molar-refractivity contribution < 1.29 is 35.5 Å². The molecule has 0 saturated heterocycles. The zero-order valence-corrected chi connectivity index (χ0v) is 15.3. The van der Waals surface area contributed by atoms with Crippen molar-refractivity contribution in [1.82, 2.24) is 0 Å². The lowest BCUT2D eigenvalue weighted by Gasteiger charge is -2.18. The van der Waals surface area contributed by atoms with Crippen molar-refractivity contribution >= 4 is 5.83 Å². The van der Waals surface area contributed by atoms with Gasteiger partial charge in [0.05, 0.1) is 5.56 Å². The molecule has 3 aromatic rings. The smallest absolute Gasteiger partial charge is 0.426 e. The molecule has 3 aromatic carbocycles. The first-order valence-corrected chi connectivity index (χ1v) is 8.53. The van der Waals surface area contributed by atoms with Crippen molar-refractivity contribution in [2.24, 2.45) is 0 Å². The molecular weight excluding hydrogens is 413 g/mol. The summed E-state index contributed by atoms with van der Waals surface area (Å²) in [6, 6.07) is 10.2. The van der Waals surface area contributed by atoms with E-state index in [9.17, 15) is 30.7 Å². The first-order chi connectivity index (χ1) is 14.1. The Morgan fingerprint density at radius 3 is 1.80 bits per heavy atom. The second-order valence-corrected chi connectivity index (χ2v) is 6.32. The Labute approximate surface area is 167 Å². The van der Waals surface area contributed by atoms with E-state index in [0.717, 1.165) is 55.5 Å². The summed E-state index contributed by atoms with van der Waals surface area (Å²) in [7, 11) is 0. The standard InChI is InChI=1S/C22H13F7O/c1-12(23)20(26)14-2-6-16(7-3-14)22(28,29)30-17-8-4-13(5-9-17)15-10-18(24)21(27)19(25)11-15/h2-11H,1H3. The molecule has 1 nitrogen and oxygen atoms in total. The van der Waals surface area contributed by atoms with Gasteiger partial charge in [-0.2, -0.15) is 8.78 Å². The molecule has 0 aliphatic rings. The number of alkyl halides is 2. The number of ether oxygens (including phenoxy) is 1. The van der Waals surface area contributed by atoms with E-state index in [1.54, 1.807) is 0 Å². The molecule has 0 unspecified atom stereocenters. The predicted molar refractivity (Wildman–Crippen MR) is 97.5 cm³/mol. The van der Waals surface area contributed by atoms with Crippen molar-refractivity contribution in [3.63, 3.8) is 0 Å². The van der Waals surface area contributed by atoms with E-state index in [4.69, 9.17) is 0 Å². The Morgan fingerprint density at radius 2 is 1.30 bits per heavy atom. The minimum Gasteiger partial charge on any atom is -0.429 e. The maximum atomic E-state index is 14.4. The summed E-state index contributed by atoms with van der Waals surface area (Å²) in [5, 5.41) is 0. The zero-order chi connectivity index (χ0) is 22.1. The molecule has 0 amide bonds. The van der Waals surface area contributed by atoms with E-state index >= 15 is 0 Å². The Bertz CT molecular complexity index is 1060. The quantitative estimate of drug-likeness (QED) is 0.303. The van der Waals surface area contributed by atoms with Crippen LogP contribution in [0.15, 0.2) is 66.5 Å². The Morgan fingerprint density at radius 1 is 0.767 bits per heavy atom. The van der Waals surface area contributed by atoms with Crippen LogP contribution in [0.25, 0.3) is 17.0 Å². The molecule has 0 aliphatic carbocycles. The molecule has 0 aromatic heterocycles. The van der Waals surface area contributed by atoms with Gasteiger partial charge in [-0.3, -0.25) is 0 Å². The number of allylic oxidation sites excluding steroid dienone is 1. The van der Waals surface area contributed by atoms with Crippen molar-refractivity contribution in [1.29, 1.82) is 0 Å². The summed E-state index contributed by atoms with van der Waals surface area (Å²) >= 11 is 0. The number of hydrogen-bond donors (Lipinski definition) is 0. The van der Waals surface area contributed by atoms with Crippen LogP contribution >= 0.6 is 0 Å². The van der Waals surface area contributed by atoms with Crippen molar-refractivity contribution in [3.8, 4) is 16.9 Å². The van der Waals surface area contributed by atoms with Crippen LogP contribution in [-0.2, 0) is 6.11 Å². The predicted octanol–water partition coefficient (Wildman–Crippen LogP) is 7.53.